The Morgan fingerprint density at radius 2 is 1.86 bits per heavy atom. The van der Waals surface area contributed by atoms with Crippen molar-refractivity contribution >= 4 is 17.3 Å². The summed E-state index contributed by atoms with van der Waals surface area (Å²) >= 11 is 0. The molecule has 3 heterocycles. The maximum absolute atomic E-state index is 4.35. The standard InChI is InChI=1S/C14H17N7/c1-11-18-14-7-6-13(20-21(14)19-11)17-10-4-9-16-12-5-2-3-8-15-12/h2-3,5-8H,4,9-10H2,1H3,(H,15,16)(H,17,20). The fourth-order valence-electron chi connectivity index (χ4n) is 1.97. The van der Waals surface area contributed by atoms with Crippen molar-refractivity contribution in [1.82, 2.24) is 24.8 Å². The molecule has 3 aromatic rings. The van der Waals surface area contributed by atoms with Crippen molar-refractivity contribution in [2.24, 2.45) is 0 Å². The average Bonchev–Trinajstić information content (AvgIpc) is 2.87. The number of hydrogen-bond acceptors (Lipinski definition) is 6. The molecule has 108 valence electrons. The van der Waals surface area contributed by atoms with Crippen LogP contribution in [0.1, 0.15) is 12.2 Å². The highest BCUT2D eigenvalue weighted by Crippen LogP contribution is 2.05. The highest BCUT2D eigenvalue weighted by molar-refractivity contribution is 5.43. The number of nitrogens with one attached hydrogen (secondary N) is 2. The van der Waals surface area contributed by atoms with Gasteiger partial charge >= 0.3 is 0 Å². The van der Waals surface area contributed by atoms with E-state index in [0.717, 1.165) is 42.6 Å². The monoisotopic (exact) mass is 283 g/mol. The van der Waals surface area contributed by atoms with Crippen LogP contribution >= 0.6 is 0 Å². The van der Waals surface area contributed by atoms with E-state index in [1.54, 1.807) is 10.8 Å². The summed E-state index contributed by atoms with van der Waals surface area (Å²) in [6, 6.07) is 9.64. The summed E-state index contributed by atoms with van der Waals surface area (Å²) in [5.41, 5.74) is 0.759. The normalized spacial score (nSPS) is 10.7. The van der Waals surface area contributed by atoms with Crippen molar-refractivity contribution in [3.05, 3.63) is 42.4 Å². The Balaban J connectivity index is 1.46. The van der Waals surface area contributed by atoms with Gasteiger partial charge in [0, 0.05) is 19.3 Å². The maximum atomic E-state index is 4.35. The number of aryl methyl sites for hydroxylation is 1. The zero-order valence-corrected chi connectivity index (χ0v) is 11.8. The Labute approximate surface area is 122 Å². The smallest absolute Gasteiger partial charge is 0.176 e. The lowest BCUT2D eigenvalue weighted by atomic mass is 10.4. The van der Waals surface area contributed by atoms with Gasteiger partial charge < -0.3 is 10.6 Å². The number of fused-ring (bicyclic) bond motifs is 1. The zero-order chi connectivity index (χ0) is 14.5. The van der Waals surface area contributed by atoms with Gasteiger partial charge in [-0.1, -0.05) is 6.07 Å². The Morgan fingerprint density at radius 1 is 1.00 bits per heavy atom. The minimum absolute atomic E-state index is 0.721. The molecule has 0 aliphatic carbocycles. The molecule has 0 radical (unpaired) electrons. The molecule has 0 saturated heterocycles. The molecule has 0 amide bonds. The molecule has 0 spiro atoms. The fraction of sp³-hybridized carbons (Fsp3) is 0.286. The first-order chi connectivity index (χ1) is 10.3. The summed E-state index contributed by atoms with van der Waals surface area (Å²) in [5.74, 6) is 2.42. The van der Waals surface area contributed by atoms with E-state index in [1.807, 2.05) is 37.3 Å². The molecule has 0 aliphatic heterocycles. The maximum Gasteiger partial charge on any atom is 0.176 e. The molecule has 3 rings (SSSR count). The average molecular weight is 283 g/mol. The van der Waals surface area contributed by atoms with Gasteiger partial charge in [-0.2, -0.15) is 0 Å². The zero-order valence-electron chi connectivity index (χ0n) is 11.8. The summed E-state index contributed by atoms with van der Waals surface area (Å²) in [5, 5.41) is 15.1. The first-order valence-electron chi connectivity index (χ1n) is 6.91. The predicted molar refractivity (Wildman–Crippen MR) is 81.4 cm³/mol. The lowest BCUT2D eigenvalue weighted by Crippen LogP contribution is -2.11. The summed E-state index contributed by atoms with van der Waals surface area (Å²) in [4.78, 5) is 8.45. The minimum atomic E-state index is 0.721. The van der Waals surface area contributed by atoms with Gasteiger partial charge in [-0.3, -0.25) is 0 Å². The van der Waals surface area contributed by atoms with Crippen LogP contribution in [-0.4, -0.2) is 37.9 Å². The first kappa shape index (κ1) is 13.3. The van der Waals surface area contributed by atoms with Crippen LogP contribution in [0.15, 0.2) is 36.5 Å². The molecular weight excluding hydrogens is 266 g/mol. The van der Waals surface area contributed by atoms with Gasteiger partial charge in [-0.15, -0.1) is 14.8 Å². The third-order valence-electron chi connectivity index (χ3n) is 2.94. The van der Waals surface area contributed by atoms with Gasteiger partial charge in [0.05, 0.1) is 0 Å². The van der Waals surface area contributed by atoms with Crippen LogP contribution < -0.4 is 10.6 Å². The summed E-state index contributed by atoms with van der Waals surface area (Å²) in [6.45, 7) is 3.53. The van der Waals surface area contributed by atoms with Crippen LogP contribution in [0.25, 0.3) is 5.65 Å². The molecule has 3 aromatic heterocycles. The minimum Gasteiger partial charge on any atom is -0.370 e. The molecule has 0 fully saturated rings. The second-order valence-electron chi connectivity index (χ2n) is 4.65. The summed E-state index contributed by atoms with van der Waals surface area (Å²) in [7, 11) is 0. The van der Waals surface area contributed by atoms with E-state index in [2.05, 4.69) is 30.8 Å². The van der Waals surface area contributed by atoms with Crippen LogP contribution in [0.2, 0.25) is 0 Å². The lowest BCUT2D eigenvalue weighted by molar-refractivity contribution is 0.784. The summed E-state index contributed by atoms with van der Waals surface area (Å²) < 4.78 is 1.55. The van der Waals surface area contributed by atoms with Crippen LogP contribution in [0.3, 0.4) is 0 Å². The quantitative estimate of drug-likeness (QED) is 0.671. The molecular formula is C14H17N7. The van der Waals surface area contributed by atoms with Crippen molar-refractivity contribution in [3.63, 3.8) is 0 Å². The number of anilines is 2. The lowest BCUT2D eigenvalue weighted by Gasteiger charge is -2.07. The van der Waals surface area contributed by atoms with Crippen molar-refractivity contribution in [1.29, 1.82) is 0 Å². The van der Waals surface area contributed by atoms with E-state index in [4.69, 9.17) is 0 Å². The molecule has 2 N–H and O–H groups in total. The van der Waals surface area contributed by atoms with Gasteiger partial charge in [-0.25, -0.2) is 9.97 Å². The van der Waals surface area contributed by atoms with Gasteiger partial charge in [0.2, 0.25) is 0 Å². The molecule has 21 heavy (non-hydrogen) atoms. The largest absolute Gasteiger partial charge is 0.370 e. The molecule has 7 heteroatoms. The Bertz CT molecular complexity index is 708. The SMILES string of the molecule is Cc1nc2ccc(NCCCNc3ccccn3)nn2n1. The van der Waals surface area contributed by atoms with E-state index in [1.165, 1.54) is 0 Å². The van der Waals surface area contributed by atoms with Crippen LogP contribution in [0.5, 0.6) is 0 Å². The second-order valence-corrected chi connectivity index (χ2v) is 4.65. The topological polar surface area (TPSA) is 80.0 Å². The van der Waals surface area contributed by atoms with Crippen molar-refractivity contribution in [2.45, 2.75) is 13.3 Å². The van der Waals surface area contributed by atoms with Crippen LogP contribution in [0.4, 0.5) is 11.6 Å². The molecule has 0 unspecified atom stereocenters. The number of aromatic nitrogens is 5. The van der Waals surface area contributed by atoms with Gasteiger partial charge in [0.15, 0.2) is 5.65 Å². The number of rotatable bonds is 6. The third-order valence-corrected chi connectivity index (χ3v) is 2.94. The number of hydrogen-bond donors (Lipinski definition) is 2. The van der Waals surface area contributed by atoms with E-state index in [0.29, 0.717) is 0 Å². The Hall–Kier alpha value is -2.70. The van der Waals surface area contributed by atoms with Gasteiger partial charge in [0.1, 0.15) is 17.5 Å². The Kier molecular flexibility index (Phi) is 3.90. The highest BCUT2D eigenvalue weighted by atomic mass is 15.5. The molecule has 7 nitrogen and oxygen atoms in total. The van der Waals surface area contributed by atoms with Crippen LogP contribution in [-0.2, 0) is 0 Å². The fourth-order valence-corrected chi connectivity index (χ4v) is 1.97. The van der Waals surface area contributed by atoms with E-state index < -0.39 is 0 Å². The van der Waals surface area contributed by atoms with Crippen molar-refractivity contribution in [3.8, 4) is 0 Å². The Morgan fingerprint density at radius 3 is 2.67 bits per heavy atom. The van der Waals surface area contributed by atoms with E-state index in [-0.39, 0.29) is 0 Å². The van der Waals surface area contributed by atoms with E-state index >= 15 is 0 Å². The molecule has 0 bridgehead atoms. The highest BCUT2D eigenvalue weighted by Gasteiger charge is 2.01. The van der Waals surface area contributed by atoms with Gasteiger partial charge in [0.25, 0.3) is 0 Å². The first-order valence-corrected chi connectivity index (χ1v) is 6.91. The summed E-state index contributed by atoms with van der Waals surface area (Å²) in [6.07, 6.45) is 2.74. The van der Waals surface area contributed by atoms with Gasteiger partial charge in [-0.05, 0) is 37.6 Å². The predicted octanol–water partition coefficient (Wildman–Crippen LogP) is 1.74. The number of pyridine rings is 1. The second kappa shape index (κ2) is 6.17. The van der Waals surface area contributed by atoms with Crippen molar-refractivity contribution in [2.75, 3.05) is 23.7 Å². The molecule has 0 saturated carbocycles. The van der Waals surface area contributed by atoms with Crippen molar-refractivity contribution < 1.29 is 0 Å². The number of nitrogens with zero attached hydrogens (tertiary/aromatic N) is 5. The van der Waals surface area contributed by atoms with Crippen LogP contribution in [0, 0.1) is 6.92 Å². The molecule has 0 aliphatic rings. The molecule has 0 aromatic carbocycles. The molecule has 0 atom stereocenters. The third kappa shape index (κ3) is 3.44. The van der Waals surface area contributed by atoms with E-state index in [9.17, 15) is 0 Å².